The third kappa shape index (κ3) is 4.80. The number of carbonyl (C=O) groups excluding carboxylic acids is 1. The summed E-state index contributed by atoms with van der Waals surface area (Å²) >= 11 is 0.951. The molecule has 2 heterocycles. The maximum atomic E-state index is 13.8. The van der Waals surface area contributed by atoms with Crippen molar-refractivity contribution in [2.75, 3.05) is 11.9 Å². The van der Waals surface area contributed by atoms with Gasteiger partial charge in [0.2, 0.25) is 15.0 Å². The van der Waals surface area contributed by atoms with E-state index in [2.05, 4.69) is 15.5 Å². The molecule has 33 heavy (non-hydrogen) atoms. The van der Waals surface area contributed by atoms with Crippen molar-refractivity contribution in [2.45, 2.75) is 43.5 Å². The van der Waals surface area contributed by atoms with Gasteiger partial charge >= 0.3 is 0 Å². The van der Waals surface area contributed by atoms with Gasteiger partial charge in [0.1, 0.15) is 16.6 Å². The zero-order chi connectivity index (χ0) is 23.8. The van der Waals surface area contributed by atoms with Crippen molar-refractivity contribution in [3.8, 4) is 0 Å². The number of nitrogens with zero attached hydrogens (tertiary/aromatic N) is 3. The van der Waals surface area contributed by atoms with Crippen LogP contribution in [0.25, 0.3) is 0 Å². The van der Waals surface area contributed by atoms with E-state index in [-0.39, 0.29) is 21.5 Å². The van der Waals surface area contributed by atoms with Crippen LogP contribution in [0.1, 0.15) is 59.0 Å². The lowest BCUT2D eigenvalue weighted by Crippen LogP contribution is -2.30. The molecular weight excluding hydrogens is 470 g/mol. The van der Waals surface area contributed by atoms with E-state index in [9.17, 15) is 22.0 Å². The highest BCUT2D eigenvalue weighted by atomic mass is 32.2. The minimum Gasteiger partial charge on any atom is -0.317 e. The molecule has 0 radical (unpaired) electrons. The van der Waals surface area contributed by atoms with Gasteiger partial charge in [-0.15, -0.1) is 10.2 Å². The molecule has 3 aromatic rings. The van der Waals surface area contributed by atoms with E-state index >= 15 is 0 Å². The zero-order valence-corrected chi connectivity index (χ0v) is 19.6. The molecule has 1 aromatic heterocycles. The van der Waals surface area contributed by atoms with E-state index in [0.29, 0.717) is 30.5 Å². The topological polar surface area (TPSA) is 92.3 Å². The van der Waals surface area contributed by atoms with Crippen molar-refractivity contribution in [1.82, 2.24) is 14.5 Å². The number of aromatic nitrogens is 2. The zero-order valence-electron chi connectivity index (χ0n) is 18.0. The molecule has 1 aliphatic heterocycles. The van der Waals surface area contributed by atoms with Crippen LogP contribution in [0.5, 0.6) is 0 Å². The summed E-state index contributed by atoms with van der Waals surface area (Å²) in [6.45, 7) is 4.40. The molecule has 0 aliphatic carbocycles. The average Bonchev–Trinajstić information content (AvgIpc) is 3.45. The summed E-state index contributed by atoms with van der Waals surface area (Å²) in [5, 5.41) is 10.6. The lowest BCUT2D eigenvalue weighted by Gasteiger charge is -2.22. The number of benzene rings is 2. The Morgan fingerprint density at radius 3 is 2.55 bits per heavy atom. The summed E-state index contributed by atoms with van der Waals surface area (Å²) in [5.74, 6) is -2.09. The van der Waals surface area contributed by atoms with E-state index < -0.39 is 33.6 Å². The Balaban J connectivity index is 1.53. The SMILES string of the molecule is CC(C)c1ccc(S(=O)(=O)N2CCC[C@H]2c2nnc(C(=O)Nc3ccc(F)cc3F)s2)cc1. The molecule has 1 fully saturated rings. The minimum absolute atomic E-state index is 0.0424. The number of amides is 1. The van der Waals surface area contributed by atoms with Gasteiger partial charge in [0.15, 0.2) is 0 Å². The average molecular weight is 493 g/mol. The molecule has 1 atom stereocenters. The van der Waals surface area contributed by atoms with Gasteiger partial charge in [-0.1, -0.05) is 37.3 Å². The quantitative estimate of drug-likeness (QED) is 0.538. The van der Waals surface area contributed by atoms with Crippen molar-refractivity contribution in [3.05, 3.63) is 69.7 Å². The lowest BCUT2D eigenvalue weighted by molar-refractivity contribution is 0.102. The normalized spacial score (nSPS) is 16.9. The fraction of sp³-hybridized carbons (Fsp3) is 0.318. The van der Waals surface area contributed by atoms with E-state index in [1.807, 2.05) is 26.0 Å². The van der Waals surface area contributed by atoms with Crippen LogP contribution in [0.4, 0.5) is 14.5 Å². The largest absolute Gasteiger partial charge is 0.317 e. The molecule has 0 saturated carbocycles. The number of rotatable bonds is 6. The molecule has 0 spiro atoms. The highest BCUT2D eigenvalue weighted by Crippen LogP contribution is 2.38. The third-order valence-corrected chi connectivity index (χ3v) is 8.40. The molecule has 1 saturated heterocycles. The van der Waals surface area contributed by atoms with Crippen LogP contribution in [-0.2, 0) is 10.0 Å². The fourth-order valence-corrected chi connectivity index (χ4v) is 6.28. The highest BCUT2D eigenvalue weighted by molar-refractivity contribution is 7.89. The Hall–Kier alpha value is -2.76. The molecule has 1 amide bonds. The van der Waals surface area contributed by atoms with Crippen LogP contribution >= 0.6 is 11.3 Å². The van der Waals surface area contributed by atoms with E-state index in [1.165, 1.54) is 4.31 Å². The summed E-state index contributed by atoms with van der Waals surface area (Å²) in [6.07, 6.45) is 1.20. The predicted octanol–water partition coefficient (Wildman–Crippen LogP) is 4.72. The van der Waals surface area contributed by atoms with Crippen LogP contribution in [0.2, 0.25) is 0 Å². The predicted molar refractivity (Wildman–Crippen MR) is 121 cm³/mol. The lowest BCUT2D eigenvalue weighted by atomic mass is 10.0. The van der Waals surface area contributed by atoms with Gasteiger partial charge in [-0.25, -0.2) is 17.2 Å². The van der Waals surface area contributed by atoms with Gasteiger partial charge < -0.3 is 5.32 Å². The van der Waals surface area contributed by atoms with Gasteiger partial charge in [-0.05, 0) is 48.6 Å². The maximum absolute atomic E-state index is 13.8. The highest BCUT2D eigenvalue weighted by Gasteiger charge is 2.38. The number of hydrogen-bond donors (Lipinski definition) is 1. The summed E-state index contributed by atoms with van der Waals surface area (Å²) in [6, 6.07) is 9.10. The van der Waals surface area contributed by atoms with Crippen molar-refractivity contribution in [2.24, 2.45) is 0 Å². The number of anilines is 1. The maximum Gasteiger partial charge on any atom is 0.286 e. The third-order valence-electron chi connectivity index (χ3n) is 5.46. The van der Waals surface area contributed by atoms with Crippen LogP contribution in [0.3, 0.4) is 0 Å². The van der Waals surface area contributed by atoms with Gasteiger partial charge in [0.05, 0.1) is 16.6 Å². The molecule has 1 N–H and O–H groups in total. The minimum atomic E-state index is -3.76. The Kier molecular flexibility index (Phi) is 6.55. The Bertz CT molecular complexity index is 1280. The first-order valence-corrected chi connectivity index (χ1v) is 12.6. The van der Waals surface area contributed by atoms with Gasteiger partial charge in [0.25, 0.3) is 5.91 Å². The Morgan fingerprint density at radius 2 is 1.88 bits per heavy atom. The van der Waals surface area contributed by atoms with Gasteiger partial charge in [0, 0.05) is 12.6 Å². The van der Waals surface area contributed by atoms with Crippen molar-refractivity contribution in [3.63, 3.8) is 0 Å². The van der Waals surface area contributed by atoms with E-state index in [4.69, 9.17) is 0 Å². The smallest absolute Gasteiger partial charge is 0.286 e. The summed E-state index contributed by atoms with van der Waals surface area (Å²) in [4.78, 5) is 12.7. The van der Waals surface area contributed by atoms with Crippen LogP contribution < -0.4 is 5.32 Å². The standard InChI is InChI=1S/C22H22F2N4O3S2/c1-13(2)14-5-8-16(9-6-14)33(30,31)28-11-3-4-19(28)21-26-27-22(32-21)20(29)25-18-10-7-15(23)12-17(18)24/h5-10,12-13,19H,3-4,11H2,1-2H3,(H,25,29)/t19-/m0/s1. The number of nitrogens with one attached hydrogen (secondary N) is 1. The second-order valence-electron chi connectivity index (χ2n) is 8.02. The van der Waals surface area contributed by atoms with Crippen LogP contribution in [0, 0.1) is 11.6 Å². The molecule has 174 valence electrons. The molecule has 0 bridgehead atoms. The Morgan fingerprint density at radius 1 is 1.15 bits per heavy atom. The summed E-state index contributed by atoms with van der Waals surface area (Å²) in [7, 11) is -3.76. The second kappa shape index (κ2) is 9.24. The number of sulfonamides is 1. The molecular formula is C22H22F2N4O3S2. The van der Waals surface area contributed by atoms with Gasteiger partial charge in [-0.2, -0.15) is 4.31 Å². The molecule has 7 nitrogen and oxygen atoms in total. The fourth-order valence-electron chi connectivity index (χ4n) is 3.66. The van der Waals surface area contributed by atoms with E-state index in [1.54, 1.807) is 12.1 Å². The van der Waals surface area contributed by atoms with Crippen molar-refractivity contribution >= 4 is 33.0 Å². The summed E-state index contributed by atoms with van der Waals surface area (Å²) < 4.78 is 54.8. The van der Waals surface area contributed by atoms with E-state index in [0.717, 1.165) is 29.0 Å². The molecule has 0 unspecified atom stereocenters. The first kappa shape index (κ1) is 23.4. The molecule has 4 rings (SSSR count). The molecule has 11 heteroatoms. The van der Waals surface area contributed by atoms with Crippen LogP contribution in [-0.4, -0.2) is 35.4 Å². The number of hydrogen-bond acceptors (Lipinski definition) is 6. The molecule has 1 aliphatic rings. The number of halogens is 2. The Labute approximate surface area is 194 Å². The number of carbonyl (C=O) groups is 1. The van der Waals surface area contributed by atoms with Gasteiger partial charge in [-0.3, -0.25) is 4.79 Å². The summed E-state index contributed by atoms with van der Waals surface area (Å²) in [5.41, 5.74) is 0.859. The monoisotopic (exact) mass is 492 g/mol. The molecule has 2 aromatic carbocycles. The first-order valence-electron chi connectivity index (χ1n) is 10.4. The second-order valence-corrected chi connectivity index (χ2v) is 10.9. The van der Waals surface area contributed by atoms with Crippen molar-refractivity contribution < 1.29 is 22.0 Å². The van der Waals surface area contributed by atoms with Crippen LogP contribution in [0.15, 0.2) is 47.4 Å². The van der Waals surface area contributed by atoms with Crippen molar-refractivity contribution in [1.29, 1.82) is 0 Å². The first-order chi connectivity index (χ1) is 15.7.